The van der Waals surface area contributed by atoms with E-state index in [1.165, 1.54) is 37.8 Å². The molecule has 1 N–H and O–H groups in total. The Morgan fingerprint density at radius 1 is 0.971 bits per heavy atom. The fraction of sp³-hybridized carbons (Fsp3) is 0.423. The number of nitrogens with one attached hydrogen (secondary N) is 1. The van der Waals surface area contributed by atoms with Crippen molar-refractivity contribution in [3.05, 3.63) is 48.8 Å². The summed E-state index contributed by atoms with van der Waals surface area (Å²) >= 11 is 0. The molecular weight excluding hydrogens is 452 g/mol. The number of anilines is 3. The lowest BCUT2D eigenvalue weighted by atomic mass is 9.94. The quantitative estimate of drug-likeness (QED) is 0.423. The second-order valence-corrected chi connectivity index (χ2v) is 8.54. The predicted molar refractivity (Wildman–Crippen MR) is 133 cm³/mol. The van der Waals surface area contributed by atoms with E-state index < -0.39 is 6.61 Å². The van der Waals surface area contributed by atoms with Gasteiger partial charge in [-0.3, -0.25) is 0 Å². The topological polar surface area (TPSA) is 72.4 Å². The second kappa shape index (κ2) is 10.8. The van der Waals surface area contributed by atoms with Crippen molar-refractivity contribution in [3.8, 4) is 22.8 Å². The molecule has 9 heteroatoms. The number of aromatic nitrogens is 3. The van der Waals surface area contributed by atoms with Gasteiger partial charge in [0.15, 0.2) is 0 Å². The Hall–Kier alpha value is -3.49. The fourth-order valence-electron chi connectivity index (χ4n) is 4.26. The van der Waals surface area contributed by atoms with E-state index >= 15 is 0 Å². The smallest absolute Gasteiger partial charge is 0.387 e. The summed E-state index contributed by atoms with van der Waals surface area (Å²) in [6.07, 6.45) is 8.53. The van der Waals surface area contributed by atoms with Gasteiger partial charge >= 0.3 is 6.61 Å². The molecule has 35 heavy (non-hydrogen) atoms. The molecule has 0 radical (unpaired) electrons. The highest BCUT2D eigenvalue weighted by molar-refractivity contribution is 5.72. The Morgan fingerprint density at radius 3 is 2.31 bits per heavy atom. The number of ether oxygens (including phenoxy) is 2. The average Bonchev–Trinajstić information content (AvgIpc) is 3.64. The minimum atomic E-state index is -2.85. The van der Waals surface area contributed by atoms with E-state index in [1.54, 1.807) is 37.7 Å². The minimum absolute atomic E-state index is 0.104. The molecule has 2 aromatic heterocycles. The van der Waals surface area contributed by atoms with Crippen LogP contribution in [-0.2, 0) is 0 Å². The summed E-state index contributed by atoms with van der Waals surface area (Å²) in [4.78, 5) is 15.8. The number of alkyl halides is 2. The first-order chi connectivity index (χ1) is 17.0. The number of nitrogens with zero attached hydrogens (tertiary/aromatic N) is 4. The molecule has 1 aromatic carbocycles. The fourth-order valence-corrected chi connectivity index (χ4v) is 4.26. The average molecular weight is 484 g/mol. The van der Waals surface area contributed by atoms with Crippen LogP contribution in [0.5, 0.6) is 11.6 Å². The number of pyridine rings is 1. The van der Waals surface area contributed by atoms with Crippen LogP contribution in [0.15, 0.2) is 48.8 Å². The second-order valence-electron chi connectivity index (χ2n) is 8.54. The van der Waals surface area contributed by atoms with E-state index in [2.05, 4.69) is 24.9 Å². The Labute approximate surface area is 204 Å². The summed E-state index contributed by atoms with van der Waals surface area (Å²) in [5.41, 5.74) is 2.83. The van der Waals surface area contributed by atoms with Crippen LogP contribution < -0.4 is 19.7 Å². The van der Waals surface area contributed by atoms with E-state index in [-0.39, 0.29) is 5.75 Å². The van der Waals surface area contributed by atoms with Crippen LogP contribution >= 0.6 is 0 Å². The first-order valence-electron chi connectivity index (χ1n) is 12.0. The minimum Gasteiger partial charge on any atom is -0.480 e. The van der Waals surface area contributed by atoms with Crippen LogP contribution in [0, 0.1) is 5.41 Å². The zero-order chi connectivity index (χ0) is 24.8. The van der Waals surface area contributed by atoms with E-state index in [1.807, 2.05) is 19.9 Å². The summed E-state index contributed by atoms with van der Waals surface area (Å²) < 4.78 is 34.6. The van der Waals surface area contributed by atoms with Gasteiger partial charge < -0.3 is 19.7 Å². The van der Waals surface area contributed by atoms with Crippen LogP contribution in [0.2, 0.25) is 0 Å². The maximum Gasteiger partial charge on any atom is 0.387 e. The van der Waals surface area contributed by atoms with Crippen molar-refractivity contribution in [1.29, 1.82) is 0 Å². The lowest BCUT2D eigenvalue weighted by molar-refractivity contribution is -0.0498. The highest BCUT2D eigenvalue weighted by Gasteiger charge is 2.44. The van der Waals surface area contributed by atoms with Gasteiger partial charge in [-0.25, -0.2) is 9.97 Å². The van der Waals surface area contributed by atoms with Gasteiger partial charge in [0.05, 0.1) is 7.11 Å². The third-order valence-electron chi connectivity index (χ3n) is 6.43. The standard InChI is InChI=1S/C24H25F2N5O2.C2H6/c1-32-21-19(14-17(15-28-21)16-2-4-18(5-3-16)33-22(25)26)29-20-6-11-27-23(30-20)31-12-9-24(7-8-24)10-13-31;1-2/h2-6,11,14-15,22H,7-10,12-13H2,1H3,(H,27,29,30);1-2H3. The molecule has 0 bridgehead atoms. The Bertz CT molecular complexity index is 1110. The summed E-state index contributed by atoms with van der Waals surface area (Å²) in [6, 6.07) is 10.1. The number of benzene rings is 1. The molecule has 2 aliphatic rings. The van der Waals surface area contributed by atoms with E-state index in [4.69, 9.17) is 9.72 Å². The third-order valence-corrected chi connectivity index (χ3v) is 6.43. The molecule has 2 fully saturated rings. The van der Waals surface area contributed by atoms with Crippen molar-refractivity contribution in [2.75, 3.05) is 30.4 Å². The van der Waals surface area contributed by atoms with Crippen LogP contribution in [-0.4, -0.2) is 41.8 Å². The number of methoxy groups -OCH3 is 1. The molecule has 0 amide bonds. The Balaban J connectivity index is 0.00000141. The zero-order valence-electron chi connectivity index (χ0n) is 20.3. The van der Waals surface area contributed by atoms with Crippen molar-refractivity contribution in [3.63, 3.8) is 0 Å². The molecule has 7 nitrogen and oxygen atoms in total. The molecule has 1 aliphatic heterocycles. The molecule has 1 saturated carbocycles. The molecule has 1 spiro atoms. The number of halogens is 2. The predicted octanol–water partition coefficient (Wildman–Crippen LogP) is 6.30. The maximum absolute atomic E-state index is 12.4. The third kappa shape index (κ3) is 5.96. The van der Waals surface area contributed by atoms with Gasteiger partial charge in [0.1, 0.15) is 17.3 Å². The van der Waals surface area contributed by atoms with Gasteiger partial charge in [0, 0.05) is 31.0 Å². The van der Waals surface area contributed by atoms with Crippen LogP contribution in [0.3, 0.4) is 0 Å². The van der Waals surface area contributed by atoms with Crippen LogP contribution in [0.1, 0.15) is 39.5 Å². The number of hydrogen-bond acceptors (Lipinski definition) is 7. The van der Waals surface area contributed by atoms with Crippen molar-refractivity contribution in [2.45, 2.75) is 46.1 Å². The van der Waals surface area contributed by atoms with Crippen molar-refractivity contribution < 1.29 is 18.3 Å². The van der Waals surface area contributed by atoms with Crippen LogP contribution in [0.4, 0.5) is 26.2 Å². The molecule has 1 saturated heterocycles. The molecular formula is C26H31F2N5O2. The highest BCUT2D eigenvalue weighted by Crippen LogP contribution is 2.53. The first-order valence-corrected chi connectivity index (χ1v) is 12.0. The van der Waals surface area contributed by atoms with Crippen LogP contribution in [0.25, 0.3) is 11.1 Å². The summed E-state index contributed by atoms with van der Waals surface area (Å²) in [7, 11) is 1.55. The maximum atomic E-state index is 12.4. The zero-order valence-corrected chi connectivity index (χ0v) is 20.3. The Morgan fingerprint density at radius 2 is 1.69 bits per heavy atom. The van der Waals surface area contributed by atoms with Gasteiger partial charge in [-0.1, -0.05) is 26.0 Å². The summed E-state index contributed by atoms with van der Waals surface area (Å²) in [5, 5.41) is 3.29. The van der Waals surface area contributed by atoms with E-state index in [9.17, 15) is 8.78 Å². The number of hydrogen-bond donors (Lipinski definition) is 1. The van der Waals surface area contributed by atoms with Gasteiger partial charge in [-0.15, -0.1) is 0 Å². The number of piperidine rings is 1. The van der Waals surface area contributed by atoms with Crippen molar-refractivity contribution in [2.24, 2.45) is 5.41 Å². The molecule has 3 aromatic rings. The molecule has 186 valence electrons. The van der Waals surface area contributed by atoms with Gasteiger partial charge in [0.2, 0.25) is 11.8 Å². The summed E-state index contributed by atoms with van der Waals surface area (Å²) in [6.45, 7) is 3.11. The van der Waals surface area contributed by atoms with Gasteiger partial charge in [-0.05, 0) is 60.9 Å². The molecule has 0 unspecified atom stereocenters. The Kier molecular flexibility index (Phi) is 7.63. The molecule has 0 atom stereocenters. The highest BCUT2D eigenvalue weighted by atomic mass is 19.3. The largest absolute Gasteiger partial charge is 0.480 e. The van der Waals surface area contributed by atoms with Crippen molar-refractivity contribution in [1.82, 2.24) is 15.0 Å². The normalized spacial score (nSPS) is 15.9. The van der Waals surface area contributed by atoms with Crippen molar-refractivity contribution >= 4 is 17.5 Å². The molecule has 5 rings (SSSR count). The molecule has 1 aliphatic carbocycles. The van der Waals surface area contributed by atoms with Gasteiger partial charge in [0.25, 0.3) is 0 Å². The van der Waals surface area contributed by atoms with E-state index in [0.29, 0.717) is 28.7 Å². The van der Waals surface area contributed by atoms with Gasteiger partial charge in [-0.2, -0.15) is 13.8 Å². The lowest BCUT2D eigenvalue weighted by Crippen LogP contribution is -2.35. The monoisotopic (exact) mass is 483 g/mol. The first kappa shape index (κ1) is 24.6. The summed E-state index contributed by atoms with van der Waals surface area (Å²) in [5.74, 6) is 1.88. The molecule has 3 heterocycles. The lowest BCUT2D eigenvalue weighted by Gasteiger charge is -2.32. The van der Waals surface area contributed by atoms with E-state index in [0.717, 1.165) is 24.2 Å². The SMILES string of the molecule is CC.COc1ncc(-c2ccc(OC(F)F)cc2)cc1Nc1ccnc(N2CCC3(CC2)CC3)n1. The number of rotatable bonds is 7.